The quantitative estimate of drug-likeness (QED) is 0.414. The molecule has 0 amide bonds. The van der Waals surface area contributed by atoms with Crippen LogP contribution in [0.1, 0.15) is 6.92 Å². The zero-order chi connectivity index (χ0) is 9.89. The second-order valence-corrected chi connectivity index (χ2v) is 2.48. The van der Waals surface area contributed by atoms with E-state index in [2.05, 4.69) is 0 Å². The van der Waals surface area contributed by atoms with E-state index in [4.69, 9.17) is 21.1 Å². The normalized spacial score (nSPS) is 17.9. The summed E-state index contributed by atoms with van der Waals surface area (Å²) < 4.78 is 0. The number of hydrogen-bond donors (Lipinski definition) is 4. The number of carboxylic acid groups (broad SMARTS) is 2. The van der Waals surface area contributed by atoms with E-state index in [1.54, 1.807) is 0 Å². The minimum absolute atomic E-state index is 1.18. The molecule has 0 unspecified atom stereocenters. The molecule has 0 bridgehead atoms. The van der Waals surface area contributed by atoms with Crippen molar-refractivity contribution < 1.29 is 24.9 Å². The average Bonchev–Trinajstić information content (AvgIpc) is 2.00. The highest BCUT2D eigenvalue weighted by molar-refractivity contribution is 5.77. The molecule has 70 valence electrons. The molecule has 0 saturated carbocycles. The van der Waals surface area contributed by atoms with Gasteiger partial charge in [-0.05, 0) is 6.92 Å². The Labute approximate surface area is 68.6 Å². The minimum atomic E-state index is -1.57. The van der Waals surface area contributed by atoms with Crippen molar-refractivity contribution in [3.8, 4) is 0 Å². The zero-order valence-corrected chi connectivity index (χ0v) is 6.47. The first-order chi connectivity index (χ1) is 5.37. The van der Waals surface area contributed by atoms with Crippen molar-refractivity contribution in [1.29, 1.82) is 0 Å². The van der Waals surface area contributed by atoms with E-state index >= 15 is 0 Å². The second kappa shape index (κ2) is 4.03. The molecular weight excluding hydrogens is 166 g/mol. The maximum atomic E-state index is 10.3. The summed E-state index contributed by atoms with van der Waals surface area (Å²) in [6.45, 7) is 1.19. The van der Waals surface area contributed by atoms with Gasteiger partial charge < -0.3 is 21.1 Å². The number of aliphatic hydroxyl groups is 1. The van der Waals surface area contributed by atoms with Gasteiger partial charge in [-0.25, -0.2) is 0 Å². The van der Waals surface area contributed by atoms with E-state index in [0.717, 1.165) is 0 Å². The van der Waals surface area contributed by atoms with Crippen LogP contribution in [0, 0.1) is 5.92 Å². The molecule has 0 saturated heterocycles. The van der Waals surface area contributed by atoms with Gasteiger partial charge >= 0.3 is 11.9 Å². The summed E-state index contributed by atoms with van der Waals surface area (Å²) in [5.41, 5.74) is 4.99. The van der Waals surface area contributed by atoms with Crippen molar-refractivity contribution in [3.63, 3.8) is 0 Å². The molecule has 0 aliphatic rings. The molecule has 0 aliphatic heterocycles. The first-order valence-corrected chi connectivity index (χ1v) is 3.27. The lowest BCUT2D eigenvalue weighted by Crippen LogP contribution is -2.47. The van der Waals surface area contributed by atoms with E-state index in [1.165, 1.54) is 6.92 Å². The zero-order valence-electron chi connectivity index (χ0n) is 6.47. The van der Waals surface area contributed by atoms with Crippen LogP contribution in [0.5, 0.6) is 0 Å². The Balaban J connectivity index is 4.28. The topological polar surface area (TPSA) is 121 Å². The van der Waals surface area contributed by atoms with Gasteiger partial charge in [0.05, 0.1) is 12.0 Å². The third-order valence-electron chi connectivity index (χ3n) is 1.55. The minimum Gasteiger partial charge on any atom is -0.481 e. The van der Waals surface area contributed by atoms with Crippen molar-refractivity contribution in [1.82, 2.24) is 0 Å². The molecule has 5 N–H and O–H groups in total. The van der Waals surface area contributed by atoms with Gasteiger partial charge in [0.25, 0.3) is 0 Å². The Kier molecular flexibility index (Phi) is 3.65. The van der Waals surface area contributed by atoms with Gasteiger partial charge in [-0.15, -0.1) is 0 Å². The highest BCUT2D eigenvalue weighted by atomic mass is 16.4. The van der Waals surface area contributed by atoms with Gasteiger partial charge in [0.2, 0.25) is 0 Å². The number of carbonyl (C=O) groups is 2. The summed E-state index contributed by atoms with van der Waals surface area (Å²) in [4.78, 5) is 20.4. The maximum absolute atomic E-state index is 10.3. The predicted octanol–water partition coefficient (Wildman–Crippen LogP) is -1.52. The summed E-state index contributed by atoms with van der Waals surface area (Å²) in [7, 11) is 0. The van der Waals surface area contributed by atoms with E-state index < -0.39 is 30.0 Å². The van der Waals surface area contributed by atoms with Crippen LogP contribution in [-0.4, -0.2) is 39.4 Å². The van der Waals surface area contributed by atoms with Gasteiger partial charge in [0, 0.05) is 0 Å². The largest absolute Gasteiger partial charge is 0.481 e. The number of aliphatic carboxylic acids is 2. The molecule has 12 heavy (non-hydrogen) atoms. The fraction of sp³-hybridized carbons (Fsp3) is 0.667. The van der Waals surface area contributed by atoms with Crippen molar-refractivity contribution in [2.75, 3.05) is 0 Å². The SMILES string of the molecule is C[C@H](C(=O)O)[C@H](O)[C@H](N)C(=O)O. The molecule has 0 spiro atoms. The highest BCUT2D eigenvalue weighted by Crippen LogP contribution is 2.06. The Morgan fingerprint density at radius 3 is 1.92 bits per heavy atom. The Morgan fingerprint density at radius 2 is 1.67 bits per heavy atom. The summed E-state index contributed by atoms with van der Waals surface area (Å²) in [5.74, 6) is -3.88. The molecule has 0 aromatic rings. The first kappa shape index (κ1) is 10.9. The number of nitrogens with two attached hydrogens (primary N) is 1. The van der Waals surface area contributed by atoms with Crippen LogP contribution in [0.25, 0.3) is 0 Å². The molecule has 0 rings (SSSR count). The number of hydrogen-bond acceptors (Lipinski definition) is 4. The molecular formula is C6H11NO5. The van der Waals surface area contributed by atoms with Gasteiger partial charge in [-0.2, -0.15) is 0 Å². The first-order valence-electron chi connectivity index (χ1n) is 3.27. The summed E-state index contributed by atoms with van der Waals surface area (Å²) in [6.07, 6.45) is -1.57. The predicted molar refractivity (Wildman–Crippen MR) is 38.4 cm³/mol. The van der Waals surface area contributed by atoms with Crippen LogP contribution in [0.15, 0.2) is 0 Å². The van der Waals surface area contributed by atoms with Gasteiger partial charge in [0.15, 0.2) is 0 Å². The molecule has 0 aliphatic carbocycles. The molecule has 0 aromatic heterocycles. The van der Waals surface area contributed by atoms with Crippen LogP contribution < -0.4 is 5.73 Å². The molecule has 3 atom stereocenters. The lowest BCUT2D eigenvalue weighted by molar-refractivity contribution is -0.149. The molecule has 0 aromatic carbocycles. The van der Waals surface area contributed by atoms with Gasteiger partial charge in [-0.1, -0.05) is 0 Å². The number of rotatable bonds is 4. The van der Waals surface area contributed by atoms with Crippen LogP contribution in [-0.2, 0) is 9.59 Å². The third kappa shape index (κ3) is 2.48. The fourth-order valence-electron chi connectivity index (χ4n) is 0.603. The van der Waals surface area contributed by atoms with E-state index in [1.807, 2.05) is 0 Å². The van der Waals surface area contributed by atoms with Crippen LogP contribution in [0.4, 0.5) is 0 Å². The third-order valence-corrected chi connectivity index (χ3v) is 1.55. The highest BCUT2D eigenvalue weighted by Gasteiger charge is 2.31. The Bertz CT molecular complexity index is 172. The monoisotopic (exact) mass is 177 g/mol. The Hall–Kier alpha value is -1.14. The second-order valence-electron chi connectivity index (χ2n) is 2.48. The molecule has 6 heteroatoms. The molecule has 0 fully saturated rings. The lowest BCUT2D eigenvalue weighted by atomic mass is 9.99. The van der Waals surface area contributed by atoms with Gasteiger partial charge in [0.1, 0.15) is 6.04 Å². The van der Waals surface area contributed by atoms with Gasteiger partial charge in [-0.3, -0.25) is 9.59 Å². The van der Waals surface area contributed by atoms with Crippen LogP contribution in [0.3, 0.4) is 0 Å². The van der Waals surface area contributed by atoms with Crippen molar-refractivity contribution >= 4 is 11.9 Å². The van der Waals surface area contributed by atoms with E-state index in [0.29, 0.717) is 0 Å². The molecule has 0 radical (unpaired) electrons. The van der Waals surface area contributed by atoms with Crippen molar-refractivity contribution in [3.05, 3.63) is 0 Å². The van der Waals surface area contributed by atoms with E-state index in [9.17, 15) is 9.59 Å². The lowest BCUT2D eigenvalue weighted by Gasteiger charge is -2.18. The van der Waals surface area contributed by atoms with Crippen LogP contribution >= 0.6 is 0 Å². The number of carboxylic acids is 2. The number of aliphatic hydroxyl groups excluding tert-OH is 1. The summed E-state index contributed by atoms with van der Waals surface area (Å²) in [5, 5.41) is 25.7. The smallest absolute Gasteiger partial charge is 0.323 e. The summed E-state index contributed by atoms with van der Waals surface area (Å²) in [6, 6.07) is -1.56. The Morgan fingerprint density at radius 1 is 1.25 bits per heavy atom. The molecule has 6 nitrogen and oxygen atoms in total. The van der Waals surface area contributed by atoms with Crippen molar-refractivity contribution in [2.45, 2.75) is 19.1 Å². The molecule has 0 heterocycles. The van der Waals surface area contributed by atoms with E-state index in [-0.39, 0.29) is 0 Å². The van der Waals surface area contributed by atoms with Crippen molar-refractivity contribution in [2.24, 2.45) is 11.7 Å². The summed E-state index contributed by atoms with van der Waals surface area (Å²) >= 11 is 0. The average molecular weight is 177 g/mol. The fourth-order valence-corrected chi connectivity index (χ4v) is 0.603. The standard InChI is InChI=1S/C6H11NO5/c1-2(5(9)10)4(8)3(7)6(11)12/h2-4,8H,7H2,1H3,(H,9,10)(H,11,12)/t2-,3-,4-/m0/s1. The maximum Gasteiger partial charge on any atom is 0.323 e. The van der Waals surface area contributed by atoms with Crippen LogP contribution in [0.2, 0.25) is 0 Å².